The van der Waals surface area contributed by atoms with Crippen LogP contribution in [0, 0.1) is 5.41 Å². The largest absolute Gasteiger partial charge is 0.433 e. The minimum atomic E-state index is -4.47. The molecule has 5 rings (SSSR count). The van der Waals surface area contributed by atoms with Crippen LogP contribution >= 0.6 is 0 Å². The normalized spacial score (nSPS) is 27.0. The van der Waals surface area contributed by atoms with Crippen LogP contribution in [0.2, 0.25) is 0 Å². The number of rotatable bonds is 4. The zero-order valence-corrected chi connectivity index (χ0v) is 19.4. The second-order valence-electron chi connectivity index (χ2n) is 9.80. The first-order valence-electron chi connectivity index (χ1n) is 11.5. The number of hydrogen-bond donors (Lipinski definition) is 0. The predicted molar refractivity (Wildman–Crippen MR) is 116 cm³/mol. The lowest BCUT2D eigenvalue weighted by atomic mass is 9.84. The van der Waals surface area contributed by atoms with Crippen molar-refractivity contribution in [3.8, 4) is 11.4 Å². The predicted octanol–water partition coefficient (Wildman–Crippen LogP) is 3.53. The number of halogens is 3. The van der Waals surface area contributed by atoms with Crippen LogP contribution in [0.4, 0.5) is 13.2 Å². The number of pyridine rings is 1. The summed E-state index contributed by atoms with van der Waals surface area (Å²) >= 11 is 0. The number of likely N-dealkylation sites (tertiary alicyclic amines) is 1. The van der Waals surface area contributed by atoms with E-state index in [0.717, 1.165) is 57.1 Å². The van der Waals surface area contributed by atoms with Crippen LogP contribution in [0.5, 0.6) is 0 Å². The molecule has 1 saturated carbocycles. The van der Waals surface area contributed by atoms with Crippen LogP contribution in [-0.4, -0.2) is 63.7 Å². The van der Waals surface area contributed by atoms with Crippen molar-refractivity contribution < 1.29 is 21.6 Å². The van der Waals surface area contributed by atoms with Gasteiger partial charge in [0.05, 0.1) is 11.5 Å². The van der Waals surface area contributed by atoms with Gasteiger partial charge in [0.25, 0.3) is 0 Å². The summed E-state index contributed by atoms with van der Waals surface area (Å²) in [6.45, 7) is 4.48. The van der Waals surface area contributed by atoms with Gasteiger partial charge in [-0.1, -0.05) is 0 Å². The van der Waals surface area contributed by atoms with Gasteiger partial charge in [0, 0.05) is 42.2 Å². The topological polar surface area (TPSA) is 81.0 Å². The highest BCUT2D eigenvalue weighted by atomic mass is 32.2. The van der Waals surface area contributed by atoms with Crippen molar-refractivity contribution in [2.24, 2.45) is 5.41 Å². The molecule has 3 aliphatic rings. The van der Waals surface area contributed by atoms with Crippen molar-refractivity contribution in [3.05, 3.63) is 29.8 Å². The molecule has 1 aliphatic carbocycles. The molecule has 1 spiro atoms. The Bertz CT molecular complexity index is 1110. The van der Waals surface area contributed by atoms with Gasteiger partial charge in [0.2, 0.25) is 0 Å². The molecule has 180 valence electrons. The summed E-state index contributed by atoms with van der Waals surface area (Å²) in [5.74, 6) is 2.22. The van der Waals surface area contributed by atoms with Gasteiger partial charge < -0.3 is 0 Å². The number of alkyl halides is 3. The summed E-state index contributed by atoms with van der Waals surface area (Å²) in [7, 11) is -2.82. The Kier molecular flexibility index (Phi) is 5.55. The van der Waals surface area contributed by atoms with E-state index in [4.69, 9.17) is 4.98 Å². The van der Waals surface area contributed by atoms with E-state index in [1.165, 1.54) is 12.3 Å². The van der Waals surface area contributed by atoms with E-state index in [0.29, 0.717) is 35.5 Å². The standard InChI is InChI=1S/C22H28F3N5O2S/c1-2-30-20(27-19(28-30)16-5-8-18(26-11-16)22(23,24)25)15-3-6-17(7-4-15)29-10-9-21(12-29)13-33(31,32)14-21/h5,8,11,15,17H,2-4,6-7,9-10,12-14H2,1H3/t15-,17+. The van der Waals surface area contributed by atoms with Gasteiger partial charge >= 0.3 is 6.18 Å². The first-order chi connectivity index (χ1) is 15.6. The fourth-order valence-electron chi connectivity index (χ4n) is 5.81. The molecule has 0 amide bonds. The average molecular weight is 484 g/mol. The van der Waals surface area contributed by atoms with Crippen LogP contribution < -0.4 is 0 Å². The molecule has 2 aromatic heterocycles. The zero-order chi connectivity index (χ0) is 23.4. The van der Waals surface area contributed by atoms with Crippen molar-refractivity contribution in [2.45, 2.75) is 63.7 Å². The van der Waals surface area contributed by atoms with Gasteiger partial charge in [0.1, 0.15) is 11.5 Å². The summed E-state index contributed by atoms with van der Waals surface area (Å²) in [4.78, 5) is 10.7. The van der Waals surface area contributed by atoms with Gasteiger partial charge in [-0.3, -0.25) is 9.88 Å². The SMILES string of the molecule is CCn1nc(-c2ccc(C(F)(F)F)nc2)nc1[C@H]1CC[C@@H](N2CCC3(C2)CS(=O)(=O)C3)CC1. The first-order valence-corrected chi connectivity index (χ1v) is 13.3. The van der Waals surface area contributed by atoms with Crippen molar-refractivity contribution in [2.75, 3.05) is 24.6 Å². The Morgan fingerprint density at radius 2 is 1.88 bits per heavy atom. The van der Waals surface area contributed by atoms with Crippen molar-refractivity contribution in [1.29, 1.82) is 0 Å². The van der Waals surface area contributed by atoms with E-state index in [9.17, 15) is 21.6 Å². The lowest BCUT2D eigenvalue weighted by Gasteiger charge is -2.39. The lowest BCUT2D eigenvalue weighted by molar-refractivity contribution is -0.141. The summed E-state index contributed by atoms with van der Waals surface area (Å²) in [5, 5.41) is 4.53. The number of aromatic nitrogens is 4. The van der Waals surface area contributed by atoms with E-state index in [1.807, 2.05) is 11.6 Å². The maximum absolute atomic E-state index is 12.8. The monoisotopic (exact) mass is 483 g/mol. The fraction of sp³-hybridized carbons (Fsp3) is 0.682. The summed E-state index contributed by atoms with van der Waals surface area (Å²) in [5.41, 5.74) is -0.464. The van der Waals surface area contributed by atoms with E-state index in [2.05, 4.69) is 15.0 Å². The Morgan fingerprint density at radius 1 is 1.15 bits per heavy atom. The molecule has 0 radical (unpaired) electrons. The average Bonchev–Trinajstić information content (AvgIpc) is 3.37. The van der Waals surface area contributed by atoms with E-state index >= 15 is 0 Å². The Morgan fingerprint density at radius 3 is 2.45 bits per heavy atom. The van der Waals surface area contributed by atoms with E-state index in [-0.39, 0.29) is 11.3 Å². The molecule has 0 atom stereocenters. The molecule has 11 heteroatoms. The molecule has 0 bridgehead atoms. The van der Waals surface area contributed by atoms with Crippen LogP contribution in [0.1, 0.15) is 56.5 Å². The third kappa shape index (κ3) is 4.41. The molecule has 4 heterocycles. The zero-order valence-electron chi connectivity index (χ0n) is 18.6. The Balaban J connectivity index is 1.24. The van der Waals surface area contributed by atoms with Gasteiger partial charge in [-0.25, -0.2) is 18.1 Å². The molecule has 0 aromatic carbocycles. The molecule has 2 saturated heterocycles. The van der Waals surface area contributed by atoms with Crippen molar-refractivity contribution >= 4 is 9.84 Å². The first kappa shape index (κ1) is 22.8. The molecule has 2 aromatic rings. The molecular weight excluding hydrogens is 455 g/mol. The number of nitrogens with zero attached hydrogens (tertiary/aromatic N) is 5. The third-order valence-electron chi connectivity index (χ3n) is 7.41. The molecule has 0 N–H and O–H groups in total. The molecule has 33 heavy (non-hydrogen) atoms. The Hall–Kier alpha value is -2.01. The maximum atomic E-state index is 12.8. The second kappa shape index (κ2) is 8.04. The summed E-state index contributed by atoms with van der Waals surface area (Å²) in [6, 6.07) is 2.80. The number of hydrogen-bond acceptors (Lipinski definition) is 6. The smallest absolute Gasteiger partial charge is 0.300 e. The highest BCUT2D eigenvalue weighted by Crippen LogP contribution is 2.44. The summed E-state index contributed by atoms with van der Waals surface area (Å²) in [6.07, 6.45) is 1.68. The summed E-state index contributed by atoms with van der Waals surface area (Å²) < 4.78 is 63.6. The lowest BCUT2D eigenvalue weighted by Crippen LogP contribution is -2.51. The van der Waals surface area contributed by atoms with Crippen molar-refractivity contribution in [1.82, 2.24) is 24.6 Å². The van der Waals surface area contributed by atoms with Gasteiger partial charge in [-0.05, 0) is 57.7 Å². The van der Waals surface area contributed by atoms with Crippen LogP contribution in [0.3, 0.4) is 0 Å². The maximum Gasteiger partial charge on any atom is 0.433 e. The highest BCUT2D eigenvalue weighted by molar-refractivity contribution is 7.92. The van der Waals surface area contributed by atoms with Crippen LogP contribution in [-0.2, 0) is 22.6 Å². The quantitative estimate of drug-likeness (QED) is 0.662. The minimum absolute atomic E-state index is 0.0112. The number of aryl methyl sites for hydroxylation is 1. The number of sulfone groups is 1. The second-order valence-corrected chi connectivity index (χ2v) is 11.9. The fourth-order valence-corrected chi connectivity index (χ4v) is 8.06. The van der Waals surface area contributed by atoms with E-state index in [1.54, 1.807) is 0 Å². The molecule has 7 nitrogen and oxygen atoms in total. The van der Waals surface area contributed by atoms with Gasteiger partial charge in [-0.2, -0.15) is 18.3 Å². The third-order valence-corrected chi connectivity index (χ3v) is 9.51. The van der Waals surface area contributed by atoms with Crippen LogP contribution in [0.15, 0.2) is 18.3 Å². The molecular formula is C22H28F3N5O2S. The minimum Gasteiger partial charge on any atom is -0.300 e. The molecule has 3 fully saturated rings. The van der Waals surface area contributed by atoms with Gasteiger partial charge in [-0.15, -0.1) is 0 Å². The van der Waals surface area contributed by atoms with Crippen molar-refractivity contribution in [3.63, 3.8) is 0 Å². The highest BCUT2D eigenvalue weighted by Gasteiger charge is 2.53. The molecule has 0 unspecified atom stereocenters. The molecule has 2 aliphatic heterocycles. The van der Waals surface area contributed by atoms with Crippen LogP contribution in [0.25, 0.3) is 11.4 Å². The Labute approximate surface area is 191 Å². The van der Waals surface area contributed by atoms with Gasteiger partial charge in [0.15, 0.2) is 15.7 Å². The van der Waals surface area contributed by atoms with E-state index < -0.39 is 21.7 Å².